The quantitative estimate of drug-likeness (QED) is 0.628. The summed E-state index contributed by atoms with van der Waals surface area (Å²) < 4.78 is 5.26. The Morgan fingerprint density at radius 3 is 2.73 bits per heavy atom. The van der Waals surface area contributed by atoms with E-state index in [2.05, 4.69) is 30.7 Å². The Hall–Kier alpha value is -3.03. The molecular weight excluding hydrogens is 332 g/mol. The van der Waals surface area contributed by atoms with Gasteiger partial charge < -0.3 is 15.2 Å². The van der Waals surface area contributed by atoms with Crippen LogP contribution in [0.3, 0.4) is 0 Å². The molecule has 3 rings (SSSR count). The lowest BCUT2D eigenvalue weighted by Crippen LogP contribution is -2.26. The van der Waals surface area contributed by atoms with Crippen LogP contribution in [0.4, 0.5) is 5.95 Å². The molecule has 26 heavy (non-hydrogen) atoms. The highest BCUT2D eigenvalue weighted by molar-refractivity contribution is 6.06. The summed E-state index contributed by atoms with van der Waals surface area (Å²) in [5, 5.41) is 10.7. The molecule has 0 saturated carbocycles. The molecule has 0 spiro atoms. The van der Waals surface area contributed by atoms with Crippen molar-refractivity contribution in [2.24, 2.45) is 0 Å². The third-order valence-electron chi connectivity index (χ3n) is 3.96. The smallest absolute Gasteiger partial charge is 0.259 e. The van der Waals surface area contributed by atoms with Crippen molar-refractivity contribution in [3.8, 4) is 0 Å². The van der Waals surface area contributed by atoms with Crippen LogP contribution in [-0.4, -0.2) is 39.1 Å². The van der Waals surface area contributed by atoms with Crippen LogP contribution in [0.5, 0.6) is 0 Å². The fraction of sp³-hybridized carbons (Fsp3) is 0.389. The van der Waals surface area contributed by atoms with Crippen molar-refractivity contribution >= 4 is 23.0 Å². The second-order valence-electron chi connectivity index (χ2n) is 6.31. The first kappa shape index (κ1) is 17.8. The van der Waals surface area contributed by atoms with E-state index in [4.69, 9.17) is 4.52 Å². The molecule has 8 nitrogen and oxygen atoms in total. The van der Waals surface area contributed by atoms with Gasteiger partial charge in [-0.3, -0.25) is 4.79 Å². The number of nitrogens with zero attached hydrogens (tertiary/aromatic N) is 4. The first-order valence-electron chi connectivity index (χ1n) is 8.62. The van der Waals surface area contributed by atoms with E-state index in [1.807, 2.05) is 26.8 Å². The zero-order valence-corrected chi connectivity index (χ0v) is 15.1. The average molecular weight is 354 g/mol. The van der Waals surface area contributed by atoms with E-state index in [-0.39, 0.29) is 11.8 Å². The van der Waals surface area contributed by atoms with Gasteiger partial charge in [0.25, 0.3) is 11.6 Å². The molecular formula is C18H22N6O2. The average Bonchev–Trinajstić information content (AvgIpc) is 3.02. The Morgan fingerprint density at radius 2 is 2.00 bits per heavy atom. The normalized spacial score (nSPS) is 11.1. The molecule has 3 aromatic rings. The van der Waals surface area contributed by atoms with Crippen LogP contribution in [0.2, 0.25) is 0 Å². The molecule has 0 fully saturated rings. The maximum atomic E-state index is 12.7. The fourth-order valence-electron chi connectivity index (χ4n) is 2.56. The Kier molecular flexibility index (Phi) is 5.40. The fourth-order valence-corrected chi connectivity index (χ4v) is 2.56. The molecule has 0 radical (unpaired) electrons. The highest BCUT2D eigenvalue weighted by atomic mass is 16.5. The third-order valence-corrected chi connectivity index (χ3v) is 3.96. The monoisotopic (exact) mass is 354 g/mol. The largest absolute Gasteiger partial charge is 0.354 e. The molecule has 0 atom stereocenters. The van der Waals surface area contributed by atoms with Gasteiger partial charge in [0.2, 0.25) is 5.95 Å². The zero-order valence-electron chi connectivity index (χ0n) is 15.1. The summed E-state index contributed by atoms with van der Waals surface area (Å²) in [4.78, 5) is 25.3. The number of fused-ring (bicyclic) bond motifs is 1. The number of anilines is 1. The molecule has 3 aromatic heterocycles. The van der Waals surface area contributed by atoms with E-state index in [0.29, 0.717) is 41.4 Å². The zero-order chi connectivity index (χ0) is 18.5. The van der Waals surface area contributed by atoms with Crippen molar-refractivity contribution in [2.75, 3.05) is 18.4 Å². The minimum Gasteiger partial charge on any atom is -0.354 e. The molecule has 0 aliphatic carbocycles. The van der Waals surface area contributed by atoms with Gasteiger partial charge in [-0.15, -0.1) is 0 Å². The number of pyridine rings is 1. The number of aromatic nitrogens is 4. The van der Waals surface area contributed by atoms with Crippen molar-refractivity contribution in [3.63, 3.8) is 0 Å². The number of rotatable bonds is 7. The predicted octanol–water partition coefficient (Wildman–Crippen LogP) is 2.68. The topological polar surface area (TPSA) is 106 Å². The van der Waals surface area contributed by atoms with Crippen LogP contribution in [0.25, 0.3) is 11.1 Å². The van der Waals surface area contributed by atoms with Gasteiger partial charge in [-0.25, -0.2) is 15.0 Å². The summed E-state index contributed by atoms with van der Waals surface area (Å²) in [6, 6.07) is 3.58. The van der Waals surface area contributed by atoms with Gasteiger partial charge in [0.1, 0.15) is 0 Å². The first-order chi connectivity index (χ1) is 12.6. The van der Waals surface area contributed by atoms with Crippen molar-refractivity contribution in [1.29, 1.82) is 0 Å². The van der Waals surface area contributed by atoms with E-state index in [1.165, 1.54) is 0 Å². The molecule has 0 unspecified atom stereocenters. The van der Waals surface area contributed by atoms with Crippen LogP contribution in [0.1, 0.15) is 47.9 Å². The first-order valence-corrected chi connectivity index (χ1v) is 8.62. The summed E-state index contributed by atoms with van der Waals surface area (Å²) in [7, 11) is 0. The lowest BCUT2D eigenvalue weighted by atomic mass is 10.0. The van der Waals surface area contributed by atoms with Gasteiger partial charge >= 0.3 is 0 Å². The van der Waals surface area contributed by atoms with Crippen molar-refractivity contribution < 1.29 is 9.32 Å². The van der Waals surface area contributed by atoms with E-state index in [9.17, 15) is 4.79 Å². The summed E-state index contributed by atoms with van der Waals surface area (Å²) >= 11 is 0. The summed E-state index contributed by atoms with van der Waals surface area (Å²) in [6.07, 6.45) is 4.11. The number of carbonyl (C=O) groups excluding carboxylic acids is 1. The minimum absolute atomic E-state index is 0.151. The highest BCUT2D eigenvalue weighted by Crippen LogP contribution is 2.24. The summed E-state index contributed by atoms with van der Waals surface area (Å²) in [5.74, 6) is 0.615. The second-order valence-corrected chi connectivity index (χ2v) is 6.31. The van der Waals surface area contributed by atoms with Crippen LogP contribution in [0, 0.1) is 6.92 Å². The minimum atomic E-state index is -0.151. The molecule has 8 heteroatoms. The standard InChI is InChI=1S/C18H22N6O2/c1-11(2)14-10-13(15-12(3)24-26-17(15)23-14)16(25)19-6-4-7-20-18-21-8-5-9-22-18/h5,8-11H,4,6-7H2,1-3H3,(H,19,25)(H,20,21,22). The van der Waals surface area contributed by atoms with Crippen LogP contribution < -0.4 is 10.6 Å². The van der Waals surface area contributed by atoms with Crippen molar-refractivity contribution in [2.45, 2.75) is 33.1 Å². The summed E-state index contributed by atoms with van der Waals surface area (Å²) in [6.45, 7) is 7.05. The van der Waals surface area contributed by atoms with Gasteiger partial charge in [0.05, 0.1) is 16.6 Å². The van der Waals surface area contributed by atoms with Crippen LogP contribution >= 0.6 is 0 Å². The molecule has 3 heterocycles. The molecule has 1 amide bonds. The van der Waals surface area contributed by atoms with Crippen molar-refractivity contribution in [3.05, 3.63) is 41.5 Å². The maximum absolute atomic E-state index is 12.7. The molecule has 0 aliphatic heterocycles. The van der Waals surface area contributed by atoms with Gasteiger partial charge in [-0.2, -0.15) is 0 Å². The van der Waals surface area contributed by atoms with Crippen LogP contribution in [-0.2, 0) is 0 Å². The van der Waals surface area contributed by atoms with E-state index >= 15 is 0 Å². The molecule has 0 bridgehead atoms. The number of hydrogen-bond donors (Lipinski definition) is 2. The molecule has 0 aromatic carbocycles. The van der Waals surface area contributed by atoms with Crippen LogP contribution in [0.15, 0.2) is 29.0 Å². The third kappa shape index (κ3) is 3.96. The molecule has 2 N–H and O–H groups in total. The molecule has 136 valence electrons. The Balaban J connectivity index is 1.63. The number of nitrogens with one attached hydrogen (secondary N) is 2. The Morgan fingerprint density at radius 1 is 1.23 bits per heavy atom. The lowest BCUT2D eigenvalue weighted by molar-refractivity contribution is 0.0955. The SMILES string of the molecule is Cc1noc2nc(C(C)C)cc(C(=O)NCCCNc3ncccn3)c12. The number of carbonyl (C=O) groups is 1. The summed E-state index contributed by atoms with van der Waals surface area (Å²) in [5.41, 5.74) is 2.43. The van der Waals surface area contributed by atoms with Gasteiger partial charge in [0, 0.05) is 31.2 Å². The highest BCUT2D eigenvalue weighted by Gasteiger charge is 2.19. The van der Waals surface area contributed by atoms with Gasteiger partial charge in [-0.05, 0) is 31.4 Å². The number of amides is 1. The number of aryl methyl sites for hydroxylation is 1. The van der Waals surface area contributed by atoms with Crippen molar-refractivity contribution in [1.82, 2.24) is 25.4 Å². The maximum Gasteiger partial charge on any atom is 0.259 e. The lowest BCUT2D eigenvalue weighted by Gasteiger charge is -2.10. The number of hydrogen-bond acceptors (Lipinski definition) is 7. The van der Waals surface area contributed by atoms with Gasteiger partial charge in [0.15, 0.2) is 0 Å². The van der Waals surface area contributed by atoms with E-state index in [0.717, 1.165) is 12.1 Å². The van der Waals surface area contributed by atoms with E-state index < -0.39 is 0 Å². The molecule has 0 aliphatic rings. The Bertz CT molecular complexity index is 891. The second kappa shape index (κ2) is 7.90. The van der Waals surface area contributed by atoms with Gasteiger partial charge in [-0.1, -0.05) is 19.0 Å². The Labute approximate surface area is 151 Å². The molecule has 0 saturated heterocycles. The van der Waals surface area contributed by atoms with E-state index in [1.54, 1.807) is 18.5 Å². The predicted molar refractivity (Wildman–Crippen MR) is 98.1 cm³/mol.